The highest BCUT2D eigenvalue weighted by atomic mass is 32.3. The third-order valence-electron chi connectivity index (χ3n) is 3.81. The molecule has 0 N–H and O–H groups in total. The van der Waals surface area contributed by atoms with Crippen molar-refractivity contribution in [2.75, 3.05) is 11.5 Å². The van der Waals surface area contributed by atoms with Crippen LogP contribution in [-0.4, -0.2) is 31.9 Å². The molecule has 0 radical (unpaired) electrons. The van der Waals surface area contributed by atoms with Crippen LogP contribution < -0.4 is 0 Å². The van der Waals surface area contributed by atoms with Crippen LogP contribution in [0.25, 0.3) is 0 Å². The molecule has 2 aromatic rings. The van der Waals surface area contributed by atoms with Gasteiger partial charge in [-0.2, -0.15) is 10.5 Å². The summed E-state index contributed by atoms with van der Waals surface area (Å²) in [5.74, 6) is 1.24. The normalized spacial score (nSPS) is 16.2. The summed E-state index contributed by atoms with van der Waals surface area (Å²) in [5, 5.41) is 0. The molecule has 0 saturated carbocycles. The Morgan fingerprint density at radius 2 is 1.04 bits per heavy atom. The first-order chi connectivity index (χ1) is 11.4. The lowest BCUT2D eigenvalue weighted by atomic mass is 10.4. The lowest BCUT2D eigenvalue weighted by molar-refractivity contribution is 0.603. The molecule has 0 aliphatic carbocycles. The van der Waals surface area contributed by atoms with Crippen LogP contribution in [0.2, 0.25) is 0 Å². The minimum Gasteiger partial charge on any atom is -0.217 e. The molecule has 0 aromatic heterocycles. The van der Waals surface area contributed by atoms with E-state index in [2.05, 4.69) is 0 Å². The predicted molar refractivity (Wildman–Crippen MR) is 98.8 cm³/mol. The second-order valence-corrected chi connectivity index (χ2v) is 12.2. The van der Waals surface area contributed by atoms with E-state index in [1.807, 2.05) is 0 Å². The molecular weight excluding hydrogens is 364 g/mol. The van der Waals surface area contributed by atoms with Gasteiger partial charge >= 0.3 is 0 Å². The summed E-state index contributed by atoms with van der Waals surface area (Å²) in [6.45, 7) is 0. The minimum absolute atomic E-state index is 0.0407. The molecule has 2 aromatic carbocycles. The summed E-state index contributed by atoms with van der Waals surface area (Å²) in [4.78, 5) is 0.0813. The summed E-state index contributed by atoms with van der Waals surface area (Å²) in [5.41, 5.74) is 0. The molecule has 3 rings (SSSR count). The number of benzene rings is 2. The third-order valence-corrected chi connectivity index (χ3v) is 12.6. The van der Waals surface area contributed by atoms with Crippen LogP contribution >= 0.6 is 10.5 Å². The van der Waals surface area contributed by atoms with Gasteiger partial charge in [-0.3, -0.25) is 0 Å². The van der Waals surface area contributed by atoms with Gasteiger partial charge in [-0.25, -0.2) is 16.8 Å². The van der Waals surface area contributed by atoms with E-state index in [1.165, 1.54) is 24.3 Å². The fourth-order valence-corrected chi connectivity index (χ4v) is 11.5. The molecule has 0 atom stereocenters. The van der Waals surface area contributed by atoms with Crippen LogP contribution in [0.15, 0.2) is 70.5 Å². The van der Waals surface area contributed by atoms with Crippen molar-refractivity contribution in [3.8, 4) is 0 Å². The van der Waals surface area contributed by atoms with Crippen molar-refractivity contribution in [2.45, 2.75) is 22.6 Å². The lowest BCUT2D eigenvalue weighted by Gasteiger charge is -2.14. The van der Waals surface area contributed by atoms with E-state index in [4.69, 9.17) is 0 Å². The molecule has 0 bridgehead atoms. The van der Waals surface area contributed by atoms with E-state index in [9.17, 15) is 16.8 Å². The first kappa shape index (κ1) is 17.4. The Morgan fingerprint density at radius 3 is 1.42 bits per heavy atom. The van der Waals surface area contributed by atoms with Gasteiger partial charge < -0.3 is 0 Å². The molecule has 1 aliphatic heterocycles. The number of sulfone groups is 2. The highest BCUT2D eigenvalue weighted by Crippen LogP contribution is 2.34. The average molecular weight is 383 g/mol. The Labute approximate surface area is 145 Å². The van der Waals surface area contributed by atoms with Crippen molar-refractivity contribution < 1.29 is 16.8 Å². The quantitative estimate of drug-likeness (QED) is 0.749. The van der Waals surface area contributed by atoms with Gasteiger partial charge in [-0.15, -0.1) is 0 Å². The fraction of sp³-hybridized carbons (Fsp3) is 0.235. The number of hydrogen-bond acceptors (Lipinski definition) is 4. The fourth-order valence-electron chi connectivity index (χ4n) is 2.67. The van der Waals surface area contributed by atoms with Crippen LogP contribution in [0.5, 0.6) is 0 Å². The molecule has 4 nitrogen and oxygen atoms in total. The second-order valence-electron chi connectivity index (χ2n) is 5.49. The summed E-state index contributed by atoms with van der Waals surface area (Å²) < 4.78 is 52.2. The van der Waals surface area contributed by atoms with E-state index >= 15 is 0 Å². The van der Waals surface area contributed by atoms with Gasteiger partial charge in [0, 0.05) is 0 Å². The maximum absolute atomic E-state index is 13.1. The van der Waals surface area contributed by atoms with E-state index in [0.29, 0.717) is 11.5 Å². The summed E-state index contributed by atoms with van der Waals surface area (Å²) in [6, 6.07) is 15.7. The van der Waals surface area contributed by atoms with Gasteiger partial charge in [0.15, 0.2) is 3.53 Å². The average Bonchev–Trinajstić information content (AvgIpc) is 3.10. The minimum atomic E-state index is -4.05. The molecule has 24 heavy (non-hydrogen) atoms. The predicted octanol–water partition coefficient (Wildman–Crippen LogP) is 3.08. The number of hydrogen-bond donors (Lipinski definition) is 0. The molecule has 0 unspecified atom stereocenters. The van der Waals surface area contributed by atoms with Gasteiger partial charge in [0.25, 0.3) is 0 Å². The molecule has 1 heterocycles. The van der Waals surface area contributed by atoms with Crippen molar-refractivity contribution in [2.24, 2.45) is 0 Å². The topological polar surface area (TPSA) is 68.3 Å². The maximum Gasteiger partial charge on any atom is 0.223 e. The Morgan fingerprint density at radius 1 is 0.667 bits per heavy atom. The summed E-state index contributed by atoms with van der Waals surface area (Å²) in [6.07, 6.45) is 1.72. The summed E-state index contributed by atoms with van der Waals surface area (Å²) >= 11 is 0. The molecular formula is C17H18O4S3. The van der Waals surface area contributed by atoms with Crippen LogP contribution in [0, 0.1) is 0 Å². The molecule has 128 valence electrons. The van der Waals surface area contributed by atoms with Gasteiger partial charge in [-0.05, 0) is 48.6 Å². The smallest absolute Gasteiger partial charge is 0.217 e. The highest BCUT2D eigenvalue weighted by Gasteiger charge is 2.36. The molecule has 7 heteroatoms. The van der Waals surface area contributed by atoms with Gasteiger partial charge in [0.05, 0.1) is 9.79 Å². The second kappa shape index (κ2) is 6.82. The highest BCUT2D eigenvalue weighted by molar-refractivity contribution is 8.48. The largest absolute Gasteiger partial charge is 0.223 e. The van der Waals surface area contributed by atoms with Crippen LogP contribution in [0.1, 0.15) is 12.8 Å². The molecule has 0 amide bonds. The third kappa shape index (κ3) is 3.20. The van der Waals surface area contributed by atoms with Gasteiger partial charge in [-0.1, -0.05) is 36.4 Å². The Hall–Kier alpha value is -1.44. The first-order valence-corrected chi connectivity index (χ1v) is 12.1. The standard InChI is InChI=1S/C17H18O4S3/c18-23(19,15-9-3-1-4-10-15)17(22-13-7-8-14-22)24(20,21)16-11-5-2-6-12-16/h1-6,9-12H,7-8,13-14H2. The van der Waals surface area contributed by atoms with Crippen LogP contribution in [0.3, 0.4) is 0 Å². The summed E-state index contributed by atoms with van der Waals surface area (Å²) in [7, 11) is -8.86. The zero-order valence-electron chi connectivity index (χ0n) is 13.0. The van der Waals surface area contributed by atoms with Crippen molar-refractivity contribution in [1.82, 2.24) is 0 Å². The first-order valence-electron chi connectivity index (χ1n) is 7.59. The molecule has 1 saturated heterocycles. The SMILES string of the molecule is O=S(=O)(C(=S1CCCC1)S(=O)(=O)c1ccccc1)c1ccccc1. The van der Waals surface area contributed by atoms with Crippen LogP contribution in [-0.2, 0) is 19.7 Å². The molecule has 1 aliphatic rings. The Kier molecular flexibility index (Phi) is 4.94. The zero-order chi connectivity index (χ0) is 17.2. The van der Waals surface area contributed by atoms with Crippen molar-refractivity contribution in [1.29, 1.82) is 0 Å². The van der Waals surface area contributed by atoms with E-state index in [0.717, 1.165) is 12.8 Å². The zero-order valence-corrected chi connectivity index (χ0v) is 15.4. The van der Waals surface area contributed by atoms with E-state index in [1.54, 1.807) is 36.4 Å². The molecule has 0 spiro atoms. The van der Waals surface area contributed by atoms with Crippen LogP contribution in [0.4, 0.5) is 0 Å². The Balaban J connectivity index is 2.26. The van der Waals surface area contributed by atoms with Crippen molar-refractivity contribution in [3.05, 3.63) is 60.7 Å². The Bertz CT molecular complexity index is 882. The van der Waals surface area contributed by atoms with Crippen molar-refractivity contribution >= 4 is 33.7 Å². The van der Waals surface area contributed by atoms with E-state index in [-0.39, 0.29) is 13.3 Å². The lowest BCUT2D eigenvalue weighted by Crippen LogP contribution is -2.26. The van der Waals surface area contributed by atoms with Gasteiger partial charge in [0.1, 0.15) is 0 Å². The van der Waals surface area contributed by atoms with Crippen molar-refractivity contribution in [3.63, 3.8) is 0 Å². The van der Waals surface area contributed by atoms with E-state index < -0.39 is 30.2 Å². The maximum atomic E-state index is 13.1. The monoisotopic (exact) mass is 382 g/mol. The number of rotatable bonds is 2. The molecule has 1 fully saturated rings. The van der Waals surface area contributed by atoms with Gasteiger partial charge in [0.2, 0.25) is 19.7 Å².